The summed E-state index contributed by atoms with van der Waals surface area (Å²) < 4.78 is 16.6. The predicted molar refractivity (Wildman–Crippen MR) is 76.9 cm³/mol. The lowest BCUT2D eigenvalue weighted by Gasteiger charge is -2.15. The summed E-state index contributed by atoms with van der Waals surface area (Å²) in [4.78, 5) is 0. The fraction of sp³-hybridized carbons (Fsp3) is 0.600. The van der Waals surface area contributed by atoms with Crippen molar-refractivity contribution in [3.05, 3.63) is 23.8 Å². The molecule has 0 bridgehead atoms. The van der Waals surface area contributed by atoms with Crippen LogP contribution in [0.3, 0.4) is 0 Å². The van der Waals surface area contributed by atoms with E-state index in [0.29, 0.717) is 25.7 Å². The number of para-hydroxylation sites is 1. The second-order valence-electron chi connectivity index (χ2n) is 4.80. The first-order chi connectivity index (χ1) is 9.19. The van der Waals surface area contributed by atoms with Crippen molar-refractivity contribution in [2.24, 2.45) is 11.7 Å². The number of ether oxygens (including phenoxy) is 3. The fourth-order valence-corrected chi connectivity index (χ4v) is 1.76. The van der Waals surface area contributed by atoms with Gasteiger partial charge in [-0.3, -0.25) is 0 Å². The van der Waals surface area contributed by atoms with Gasteiger partial charge in [-0.05, 0) is 30.5 Å². The van der Waals surface area contributed by atoms with Gasteiger partial charge in [-0.15, -0.1) is 0 Å². The molecule has 0 fully saturated rings. The summed E-state index contributed by atoms with van der Waals surface area (Å²) in [5.41, 5.74) is 6.68. The molecule has 0 amide bonds. The molecule has 1 rings (SSSR count). The van der Waals surface area contributed by atoms with Crippen LogP contribution in [0.2, 0.25) is 0 Å². The van der Waals surface area contributed by atoms with E-state index in [1.54, 1.807) is 7.11 Å². The van der Waals surface area contributed by atoms with Crippen molar-refractivity contribution < 1.29 is 14.2 Å². The average molecular weight is 267 g/mol. The van der Waals surface area contributed by atoms with Crippen molar-refractivity contribution in [2.45, 2.75) is 20.3 Å². The van der Waals surface area contributed by atoms with E-state index in [1.807, 2.05) is 18.2 Å². The second kappa shape index (κ2) is 8.77. The first-order valence-electron chi connectivity index (χ1n) is 6.75. The molecular formula is C15H25NO3. The van der Waals surface area contributed by atoms with Gasteiger partial charge < -0.3 is 19.9 Å². The zero-order chi connectivity index (χ0) is 14.1. The molecule has 4 nitrogen and oxygen atoms in total. The van der Waals surface area contributed by atoms with E-state index < -0.39 is 0 Å². The topological polar surface area (TPSA) is 53.7 Å². The standard InChI is InChI=1S/C15H25NO3/c1-12(2)11-18-9-10-19-15-13(7-8-16)5-4-6-14(15)17-3/h4-6,12H,7-11,16H2,1-3H3. The van der Waals surface area contributed by atoms with Gasteiger partial charge in [-0.25, -0.2) is 0 Å². The third-order valence-corrected chi connectivity index (χ3v) is 2.62. The molecule has 0 aliphatic heterocycles. The number of nitrogens with two attached hydrogens (primary N) is 1. The Labute approximate surface area is 115 Å². The summed E-state index contributed by atoms with van der Waals surface area (Å²) >= 11 is 0. The smallest absolute Gasteiger partial charge is 0.164 e. The van der Waals surface area contributed by atoms with Crippen LogP contribution in [0.5, 0.6) is 11.5 Å². The Morgan fingerprint density at radius 2 is 2.00 bits per heavy atom. The maximum absolute atomic E-state index is 5.79. The molecule has 0 aliphatic carbocycles. The minimum absolute atomic E-state index is 0.519. The molecule has 19 heavy (non-hydrogen) atoms. The number of methoxy groups -OCH3 is 1. The van der Waals surface area contributed by atoms with Crippen LogP contribution in [0.25, 0.3) is 0 Å². The fourth-order valence-electron chi connectivity index (χ4n) is 1.76. The summed E-state index contributed by atoms with van der Waals surface area (Å²) in [7, 11) is 1.64. The Bertz CT molecular complexity index is 366. The monoisotopic (exact) mass is 267 g/mol. The molecule has 0 aromatic heterocycles. The van der Waals surface area contributed by atoms with Crippen molar-refractivity contribution in [3.63, 3.8) is 0 Å². The van der Waals surface area contributed by atoms with Crippen molar-refractivity contribution >= 4 is 0 Å². The summed E-state index contributed by atoms with van der Waals surface area (Å²) in [5, 5.41) is 0. The van der Waals surface area contributed by atoms with Crippen molar-refractivity contribution in [1.29, 1.82) is 0 Å². The van der Waals surface area contributed by atoms with Crippen LogP contribution in [-0.4, -0.2) is 33.5 Å². The predicted octanol–water partition coefficient (Wildman–Crippen LogP) is 2.25. The number of benzene rings is 1. The number of hydrogen-bond acceptors (Lipinski definition) is 4. The highest BCUT2D eigenvalue weighted by atomic mass is 16.5. The Morgan fingerprint density at radius 1 is 1.21 bits per heavy atom. The molecule has 1 aromatic carbocycles. The SMILES string of the molecule is COc1cccc(CCN)c1OCCOCC(C)C. The minimum Gasteiger partial charge on any atom is -0.493 e. The first kappa shape index (κ1) is 15.8. The Morgan fingerprint density at radius 3 is 2.63 bits per heavy atom. The highest BCUT2D eigenvalue weighted by molar-refractivity contribution is 5.46. The van der Waals surface area contributed by atoms with Gasteiger partial charge >= 0.3 is 0 Å². The first-order valence-corrected chi connectivity index (χ1v) is 6.75. The highest BCUT2D eigenvalue weighted by Crippen LogP contribution is 2.31. The van der Waals surface area contributed by atoms with E-state index in [9.17, 15) is 0 Å². The van der Waals surface area contributed by atoms with Gasteiger partial charge in [0.2, 0.25) is 0 Å². The third kappa shape index (κ3) is 5.49. The van der Waals surface area contributed by atoms with E-state index in [2.05, 4.69) is 13.8 Å². The maximum atomic E-state index is 5.79. The molecule has 0 spiro atoms. The molecule has 0 atom stereocenters. The van der Waals surface area contributed by atoms with Crippen molar-refractivity contribution in [2.75, 3.05) is 33.5 Å². The van der Waals surface area contributed by atoms with Gasteiger partial charge in [0, 0.05) is 6.61 Å². The van der Waals surface area contributed by atoms with Gasteiger partial charge in [0.25, 0.3) is 0 Å². The van der Waals surface area contributed by atoms with Crippen LogP contribution in [0.4, 0.5) is 0 Å². The molecule has 108 valence electrons. The van der Waals surface area contributed by atoms with Crippen LogP contribution in [-0.2, 0) is 11.2 Å². The van der Waals surface area contributed by atoms with Crippen molar-refractivity contribution in [1.82, 2.24) is 0 Å². The molecule has 4 heteroatoms. The molecular weight excluding hydrogens is 242 g/mol. The van der Waals surface area contributed by atoms with E-state index in [0.717, 1.165) is 30.1 Å². The maximum Gasteiger partial charge on any atom is 0.164 e. The van der Waals surface area contributed by atoms with Crippen LogP contribution in [0.1, 0.15) is 19.4 Å². The molecule has 0 heterocycles. The van der Waals surface area contributed by atoms with E-state index in [1.165, 1.54) is 0 Å². The molecule has 2 N–H and O–H groups in total. The lowest BCUT2D eigenvalue weighted by Crippen LogP contribution is -2.12. The van der Waals surface area contributed by atoms with Gasteiger partial charge in [-0.2, -0.15) is 0 Å². The lowest BCUT2D eigenvalue weighted by molar-refractivity contribution is 0.0808. The Balaban J connectivity index is 2.54. The van der Waals surface area contributed by atoms with Crippen LogP contribution in [0, 0.1) is 5.92 Å². The largest absolute Gasteiger partial charge is 0.493 e. The highest BCUT2D eigenvalue weighted by Gasteiger charge is 2.09. The number of hydrogen-bond donors (Lipinski definition) is 1. The minimum atomic E-state index is 0.519. The van der Waals surface area contributed by atoms with Gasteiger partial charge in [0.1, 0.15) is 6.61 Å². The third-order valence-electron chi connectivity index (χ3n) is 2.62. The normalized spacial score (nSPS) is 10.8. The van der Waals surface area contributed by atoms with Gasteiger partial charge in [0.05, 0.1) is 13.7 Å². The summed E-state index contributed by atoms with van der Waals surface area (Å²) in [5.74, 6) is 2.07. The summed E-state index contributed by atoms with van der Waals surface area (Å²) in [6.07, 6.45) is 0.777. The molecule has 0 unspecified atom stereocenters. The van der Waals surface area contributed by atoms with Crippen LogP contribution < -0.4 is 15.2 Å². The zero-order valence-corrected chi connectivity index (χ0v) is 12.1. The summed E-state index contributed by atoms with van der Waals surface area (Å²) in [6, 6.07) is 5.86. The molecule has 0 radical (unpaired) electrons. The zero-order valence-electron chi connectivity index (χ0n) is 12.1. The van der Waals surface area contributed by atoms with E-state index >= 15 is 0 Å². The molecule has 1 aromatic rings. The number of rotatable bonds is 9. The molecule has 0 aliphatic rings. The Hall–Kier alpha value is -1.26. The van der Waals surface area contributed by atoms with Gasteiger partial charge in [-0.1, -0.05) is 26.0 Å². The van der Waals surface area contributed by atoms with Crippen LogP contribution >= 0.6 is 0 Å². The van der Waals surface area contributed by atoms with E-state index in [-0.39, 0.29) is 0 Å². The summed E-state index contributed by atoms with van der Waals surface area (Å²) in [6.45, 7) is 6.70. The second-order valence-corrected chi connectivity index (χ2v) is 4.80. The van der Waals surface area contributed by atoms with Gasteiger partial charge in [0.15, 0.2) is 11.5 Å². The lowest BCUT2D eigenvalue weighted by atomic mass is 10.1. The average Bonchev–Trinajstić information content (AvgIpc) is 2.39. The molecule has 0 saturated heterocycles. The molecule has 0 saturated carbocycles. The van der Waals surface area contributed by atoms with E-state index in [4.69, 9.17) is 19.9 Å². The quantitative estimate of drug-likeness (QED) is 0.697. The van der Waals surface area contributed by atoms with Crippen molar-refractivity contribution in [3.8, 4) is 11.5 Å². The Kier molecular flexibility index (Phi) is 7.30. The van der Waals surface area contributed by atoms with Crippen LogP contribution in [0.15, 0.2) is 18.2 Å².